The summed E-state index contributed by atoms with van der Waals surface area (Å²) >= 11 is 0. The molecule has 0 heterocycles. The van der Waals surface area contributed by atoms with Crippen molar-refractivity contribution in [3.8, 4) is 11.5 Å². The van der Waals surface area contributed by atoms with Gasteiger partial charge in [0.15, 0.2) is 0 Å². The summed E-state index contributed by atoms with van der Waals surface area (Å²) in [5, 5.41) is 10.2. The molecule has 0 bridgehead atoms. The van der Waals surface area contributed by atoms with Crippen LogP contribution in [0.5, 0.6) is 11.5 Å². The first kappa shape index (κ1) is 13.8. The smallest absolute Gasteiger partial charge is 0.265 e. The zero-order chi connectivity index (χ0) is 13.5. The predicted octanol–water partition coefficient (Wildman–Crippen LogP) is 2.38. The third-order valence-corrected chi connectivity index (χ3v) is 3.83. The molecule has 0 saturated heterocycles. The third-order valence-electron chi connectivity index (χ3n) is 2.32. The second-order valence-corrected chi connectivity index (χ2v) is 5.27. The van der Waals surface area contributed by atoms with E-state index in [2.05, 4.69) is 0 Å². The van der Waals surface area contributed by atoms with Crippen molar-refractivity contribution in [2.24, 2.45) is 5.73 Å². The molecule has 0 fully saturated rings. The first-order chi connectivity index (χ1) is 9.29. The van der Waals surface area contributed by atoms with Crippen LogP contribution in [0.25, 0.3) is 0 Å². The Labute approximate surface area is 113 Å². The van der Waals surface area contributed by atoms with E-state index in [9.17, 15) is 5.11 Å². The van der Waals surface area contributed by atoms with Crippen molar-refractivity contribution in [3.05, 3.63) is 54.6 Å². The molecule has 0 aliphatic carbocycles. The summed E-state index contributed by atoms with van der Waals surface area (Å²) < 4.78 is 11.5. The van der Waals surface area contributed by atoms with Gasteiger partial charge in [-0.25, -0.2) is 0 Å². The monoisotopic (exact) mass is 277 g/mol. The van der Waals surface area contributed by atoms with Crippen LogP contribution in [0.1, 0.15) is 0 Å². The van der Waals surface area contributed by atoms with Crippen LogP contribution in [-0.2, 0) is 4.52 Å². The largest absolute Gasteiger partial charge is 0.508 e. The van der Waals surface area contributed by atoms with Crippen molar-refractivity contribution in [1.82, 2.24) is 0 Å². The maximum absolute atomic E-state index is 9.25. The summed E-state index contributed by atoms with van der Waals surface area (Å²) in [6, 6.07) is 16.3. The van der Waals surface area contributed by atoms with Crippen LogP contribution >= 0.6 is 8.38 Å². The molecule has 4 nitrogen and oxygen atoms in total. The Bertz CT molecular complexity index is 490. The third kappa shape index (κ3) is 4.21. The van der Waals surface area contributed by atoms with E-state index in [-0.39, 0.29) is 5.75 Å². The molecule has 0 amide bonds. The van der Waals surface area contributed by atoms with E-state index < -0.39 is 8.38 Å². The molecule has 2 rings (SSSR count). The second-order valence-electron chi connectivity index (χ2n) is 3.80. The highest BCUT2D eigenvalue weighted by atomic mass is 31.2. The van der Waals surface area contributed by atoms with Gasteiger partial charge >= 0.3 is 0 Å². The van der Waals surface area contributed by atoms with Crippen molar-refractivity contribution in [1.29, 1.82) is 0 Å². The van der Waals surface area contributed by atoms with Gasteiger partial charge < -0.3 is 19.9 Å². The van der Waals surface area contributed by atoms with Crippen LogP contribution in [-0.4, -0.2) is 18.3 Å². The lowest BCUT2D eigenvalue weighted by Gasteiger charge is -2.18. The first-order valence-corrected chi connectivity index (χ1v) is 7.12. The SMILES string of the molecule is NCCOP(Oc1ccc(O)cc1)c1ccccc1. The van der Waals surface area contributed by atoms with Gasteiger partial charge in [0.25, 0.3) is 8.38 Å². The minimum atomic E-state index is -1.21. The van der Waals surface area contributed by atoms with E-state index in [4.69, 9.17) is 14.8 Å². The minimum Gasteiger partial charge on any atom is -0.508 e. The number of hydrogen-bond donors (Lipinski definition) is 2. The van der Waals surface area contributed by atoms with Crippen LogP contribution in [0.4, 0.5) is 0 Å². The molecule has 0 aliphatic heterocycles. The van der Waals surface area contributed by atoms with E-state index in [1.54, 1.807) is 24.3 Å². The molecule has 2 aromatic rings. The normalized spacial score (nSPS) is 12.1. The molecule has 1 atom stereocenters. The Morgan fingerprint density at radius 3 is 2.32 bits per heavy atom. The summed E-state index contributed by atoms with van der Waals surface area (Å²) in [7, 11) is -1.21. The fraction of sp³-hybridized carbons (Fsp3) is 0.143. The molecule has 0 radical (unpaired) electrons. The Balaban J connectivity index is 2.11. The quantitative estimate of drug-likeness (QED) is 0.796. The molecule has 0 spiro atoms. The molecule has 0 aromatic heterocycles. The van der Waals surface area contributed by atoms with Gasteiger partial charge in [0.05, 0.1) is 6.61 Å². The number of phenolic OH excluding ortho intramolecular Hbond substituents is 1. The molecule has 2 aromatic carbocycles. The van der Waals surface area contributed by atoms with Crippen molar-refractivity contribution < 1.29 is 14.2 Å². The molecule has 100 valence electrons. The van der Waals surface area contributed by atoms with Crippen molar-refractivity contribution in [3.63, 3.8) is 0 Å². The highest BCUT2D eigenvalue weighted by Gasteiger charge is 2.15. The maximum Gasteiger partial charge on any atom is 0.265 e. The molecular formula is C14H16NO3P. The van der Waals surface area contributed by atoms with Gasteiger partial charge in [0, 0.05) is 11.8 Å². The second kappa shape index (κ2) is 7.10. The summed E-state index contributed by atoms with van der Waals surface area (Å²) in [6.07, 6.45) is 0. The van der Waals surface area contributed by atoms with Gasteiger partial charge in [0.2, 0.25) is 0 Å². The van der Waals surface area contributed by atoms with Crippen molar-refractivity contribution >= 4 is 13.7 Å². The standard InChI is InChI=1S/C14H16NO3P/c15-10-11-17-19(14-4-2-1-3-5-14)18-13-8-6-12(16)7-9-13/h1-9,16H,10-11,15H2. The van der Waals surface area contributed by atoms with E-state index in [1.807, 2.05) is 30.3 Å². The average Bonchev–Trinajstić information content (AvgIpc) is 2.46. The molecule has 1 unspecified atom stereocenters. The van der Waals surface area contributed by atoms with Crippen molar-refractivity contribution in [2.75, 3.05) is 13.2 Å². The van der Waals surface area contributed by atoms with Gasteiger partial charge in [-0.1, -0.05) is 18.2 Å². The lowest BCUT2D eigenvalue weighted by atomic mass is 10.3. The van der Waals surface area contributed by atoms with Gasteiger partial charge in [-0.15, -0.1) is 0 Å². The lowest BCUT2D eigenvalue weighted by Crippen LogP contribution is -2.12. The fourth-order valence-corrected chi connectivity index (χ4v) is 2.75. The highest BCUT2D eigenvalue weighted by Crippen LogP contribution is 2.38. The van der Waals surface area contributed by atoms with Gasteiger partial charge in [-0.05, 0) is 36.4 Å². The molecule has 3 N–H and O–H groups in total. The Morgan fingerprint density at radius 2 is 1.68 bits per heavy atom. The van der Waals surface area contributed by atoms with Crippen LogP contribution in [0.15, 0.2) is 54.6 Å². The Kier molecular flexibility index (Phi) is 5.16. The zero-order valence-corrected chi connectivity index (χ0v) is 11.3. The number of hydrogen-bond acceptors (Lipinski definition) is 4. The predicted molar refractivity (Wildman–Crippen MR) is 76.7 cm³/mol. The molecule has 5 heteroatoms. The summed E-state index contributed by atoms with van der Waals surface area (Å²) in [5.41, 5.74) is 5.46. The van der Waals surface area contributed by atoms with Crippen LogP contribution in [0, 0.1) is 0 Å². The van der Waals surface area contributed by atoms with E-state index >= 15 is 0 Å². The van der Waals surface area contributed by atoms with Crippen LogP contribution in [0.3, 0.4) is 0 Å². The first-order valence-electron chi connectivity index (χ1n) is 5.95. The Morgan fingerprint density at radius 1 is 1.00 bits per heavy atom. The average molecular weight is 277 g/mol. The van der Waals surface area contributed by atoms with Crippen molar-refractivity contribution in [2.45, 2.75) is 0 Å². The number of nitrogens with two attached hydrogens (primary N) is 1. The minimum absolute atomic E-state index is 0.208. The zero-order valence-electron chi connectivity index (χ0n) is 10.4. The molecule has 0 saturated carbocycles. The van der Waals surface area contributed by atoms with Gasteiger partial charge in [0.1, 0.15) is 11.5 Å². The molecule has 19 heavy (non-hydrogen) atoms. The van der Waals surface area contributed by atoms with E-state index in [0.29, 0.717) is 18.9 Å². The molecular weight excluding hydrogens is 261 g/mol. The number of phenols is 1. The summed E-state index contributed by atoms with van der Waals surface area (Å²) in [6.45, 7) is 0.892. The summed E-state index contributed by atoms with van der Waals surface area (Å²) in [5.74, 6) is 0.865. The fourth-order valence-electron chi connectivity index (χ4n) is 1.44. The van der Waals surface area contributed by atoms with Crippen LogP contribution in [0.2, 0.25) is 0 Å². The van der Waals surface area contributed by atoms with Gasteiger partial charge in [-0.2, -0.15) is 0 Å². The highest BCUT2D eigenvalue weighted by molar-refractivity contribution is 7.56. The summed E-state index contributed by atoms with van der Waals surface area (Å²) in [4.78, 5) is 0. The topological polar surface area (TPSA) is 64.7 Å². The Hall–Kier alpha value is -1.61. The maximum atomic E-state index is 9.25. The number of benzene rings is 2. The van der Waals surface area contributed by atoms with E-state index in [0.717, 1.165) is 5.30 Å². The van der Waals surface area contributed by atoms with Crippen LogP contribution < -0.4 is 15.6 Å². The van der Waals surface area contributed by atoms with E-state index in [1.165, 1.54) is 0 Å². The number of aromatic hydroxyl groups is 1. The lowest BCUT2D eigenvalue weighted by molar-refractivity contribution is 0.330. The van der Waals surface area contributed by atoms with Gasteiger partial charge in [-0.3, -0.25) is 0 Å². The molecule has 0 aliphatic rings. The number of rotatable bonds is 6.